The van der Waals surface area contributed by atoms with Gasteiger partial charge in [-0.05, 0) is 41.5 Å². The van der Waals surface area contributed by atoms with Crippen molar-refractivity contribution in [3.05, 3.63) is 0 Å². The zero-order valence-corrected chi connectivity index (χ0v) is 22.2. The van der Waals surface area contributed by atoms with Gasteiger partial charge >= 0.3 is 17.9 Å². The molecule has 0 unspecified atom stereocenters. The lowest BCUT2D eigenvalue weighted by molar-refractivity contribution is -0.158. The van der Waals surface area contributed by atoms with E-state index in [1.165, 1.54) is 0 Å². The average molecular weight is 501 g/mol. The highest BCUT2D eigenvalue weighted by Crippen LogP contribution is 2.10. The summed E-state index contributed by atoms with van der Waals surface area (Å²) in [6.45, 7) is 15.1. The van der Waals surface area contributed by atoms with E-state index in [0.29, 0.717) is 52.4 Å². The van der Waals surface area contributed by atoms with Gasteiger partial charge in [-0.3, -0.25) is 34.0 Å². The van der Waals surface area contributed by atoms with E-state index in [1.54, 1.807) is 0 Å². The predicted molar refractivity (Wildman–Crippen MR) is 131 cm³/mol. The Labute approximate surface area is 209 Å². The molecule has 11 nitrogen and oxygen atoms in total. The average Bonchev–Trinajstić information content (AvgIpc) is 2.66. The summed E-state index contributed by atoms with van der Waals surface area (Å²) in [5.74, 6) is -1.62. The highest BCUT2D eigenvalue weighted by atomic mass is 16.6. The van der Waals surface area contributed by atoms with Crippen LogP contribution in [-0.2, 0) is 28.7 Å². The first kappa shape index (κ1) is 31.0. The second-order valence-corrected chi connectivity index (χ2v) is 10.9. The van der Waals surface area contributed by atoms with Crippen LogP contribution in [0, 0.1) is 0 Å². The molecule has 1 heterocycles. The number of carbonyl (C=O) groups excluding carboxylic acids is 3. The van der Waals surface area contributed by atoms with Gasteiger partial charge in [-0.2, -0.15) is 0 Å². The van der Waals surface area contributed by atoms with Crippen molar-refractivity contribution in [1.29, 1.82) is 0 Å². The van der Waals surface area contributed by atoms with Crippen molar-refractivity contribution in [2.45, 2.75) is 52.7 Å². The summed E-state index contributed by atoms with van der Waals surface area (Å²) in [5, 5.41) is 9.31. The summed E-state index contributed by atoms with van der Waals surface area (Å²) in [6, 6.07) is 0. The van der Waals surface area contributed by atoms with Crippen molar-refractivity contribution < 1.29 is 33.8 Å². The maximum absolute atomic E-state index is 12.5. The van der Waals surface area contributed by atoms with E-state index in [4.69, 9.17) is 9.47 Å². The van der Waals surface area contributed by atoms with E-state index in [9.17, 15) is 24.3 Å². The Bertz CT molecular complexity index is 703. The molecule has 1 N–H and O–H groups in total. The number of carbonyl (C=O) groups is 4. The lowest BCUT2D eigenvalue weighted by Crippen LogP contribution is -2.49. The Morgan fingerprint density at radius 3 is 1.26 bits per heavy atom. The number of carboxylic acid groups (broad SMARTS) is 1. The summed E-state index contributed by atoms with van der Waals surface area (Å²) in [4.78, 5) is 55.2. The van der Waals surface area contributed by atoms with E-state index < -0.39 is 17.2 Å². The molecule has 1 fully saturated rings. The van der Waals surface area contributed by atoms with Gasteiger partial charge in [-0.25, -0.2) is 0 Å². The molecule has 1 rings (SSSR count). The first-order chi connectivity index (χ1) is 16.2. The van der Waals surface area contributed by atoms with E-state index in [-0.39, 0.29) is 38.1 Å². The van der Waals surface area contributed by atoms with Crippen LogP contribution in [0.3, 0.4) is 0 Å². The number of carboxylic acids is 1. The summed E-state index contributed by atoms with van der Waals surface area (Å²) in [5.41, 5.74) is -1.20. The molecule has 0 aromatic carbocycles. The van der Waals surface area contributed by atoms with Gasteiger partial charge < -0.3 is 19.4 Å². The second kappa shape index (κ2) is 14.5. The van der Waals surface area contributed by atoms with Crippen molar-refractivity contribution >= 4 is 24.2 Å². The number of nitrogens with zero attached hydrogens (tertiary/aromatic N) is 4. The smallest absolute Gasteiger partial charge is 0.320 e. The topological polar surface area (TPSA) is 120 Å². The van der Waals surface area contributed by atoms with Gasteiger partial charge in [0.2, 0.25) is 0 Å². The van der Waals surface area contributed by atoms with Gasteiger partial charge in [-0.1, -0.05) is 0 Å². The molecule has 35 heavy (non-hydrogen) atoms. The molecule has 0 aromatic rings. The molecule has 0 atom stereocenters. The third-order valence-electron chi connectivity index (χ3n) is 5.17. The Kier molecular flexibility index (Phi) is 12.8. The molecule has 1 saturated heterocycles. The van der Waals surface area contributed by atoms with E-state index in [1.807, 2.05) is 61.1 Å². The molecule has 0 radical (unpaired) electrons. The van der Waals surface area contributed by atoms with Crippen LogP contribution in [-0.4, -0.2) is 139 Å². The van der Waals surface area contributed by atoms with Crippen LogP contribution < -0.4 is 0 Å². The molecule has 0 aliphatic carbocycles. The molecule has 1 aliphatic rings. The van der Waals surface area contributed by atoms with Gasteiger partial charge in [-0.15, -0.1) is 0 Å². The maximum atomic E-state index is 12.5. The molecule has 0 bridgehead atoms. The molecule has 0 spiro atoms. The fourth-order valence-corrected chi connectivity index (χ4v) is 3.64. The lowest BCUT2D eigenvalue weighted by atomic mass is 10.2. The molecule has 0 saturated carbocycles. The van der Waals surface area contributed by atoms with Crippen LogP contribution >= 0.6 is 0 Å². The van der Waals surface area contributed by atoms with Gasteiger partial charge in [0.05, 0.1) is 26.2 Å². The minimum absolute atomic E-state index is 0.0652. The van der Waals surface area contributed by atoms with Crippen LogP contribution in [0.1, 0.15) is 41.5 Å². The Morgan fingerprint density at radius 2 is 0.971 bits per heavy atom. The Balaban J connectivity index is 3.00. The van der Waals surface area contributed by atoms with Gasteiger partial charge in [0.25, 0.3) is 0 Å². The van der Waals surface area contributed by atoms with Crippen molar-refractivity contribution in [3.8, 4) is 0 Å². The molecular weight excluding hydrogens is 456 g/mol. The minimum atomic E-state index is -0.929. The van der Waals surface area contributed by atoms with Crippen molar-refractivity contribution in [1.82, 2.24) is 19.6 Å². The van der Waals surface area contributed by atoms with Crippen LogP contribution in [0.15, 0.2) is 0 Å². The lowest BCUT2D eigenvalue weighted by Gasteiger charge is -2.33. The fraction of sp³-hybridized carbons (Fsp3) is 0.833. The summed E-state index contributed by atoms with van der Waals surface area (Å²) in [6.07, 6.45) is 0.828. The summed E-state index contributed by atoms with van der Waals surface area (Å²) < 4.78 is 11.0. The number of ether oxygens (including phenoxy) is 2. The van der Waals surface area contributed by atoms with Gasteiger partial charge in [0.1, 0.15) is 17.5 Å². The van der Waals surface area contributed by atoms with Crippen LogP contribution in [0.2, 0.25) is 0 Å². The van der Waals surface area contributed by atoms with E-state index in [2.05, 4.69) is 0 Å². The number of rotatable bonds is 8. The number of esters is 2. The predicted octanol–water partition coefficient (Wildman–Crippen LogP) is 0.175. The fourth-order valence-electron chi connectivity index (χ4n) is 3.64. The molecule has 1 aliphatic heterocycles. The van der Waals surface area contributed by atoms with Crippen LogP contribution in [0.4, 0.5) is 0 Å². The van der Waals surface area contributed by atoms with E-state index in [0.717, 1.165) is 6.29 Å². The molecular formula is C24H44N4O7. The Hall–Kier alpha value is -2.08. The zero-order valence-electron chi connectivity index (χ0n) is 22.2. The van der Waals surface area contributed by atoms with Crippen LogP contribution in [0.5, 0.6) is 0 Å². The van der Waals surface area contributed by atoms with Crippen LogP contribution in [0.25, 0.3) is 0 Å². The highest BCUT2D eigenvalue weighted by molar-refractivity contribution is 5.72. The highest BCUT2D eigenvalue weighted by Gasteiger charge is 2.24. The summed E-state index contributed by atoms with van der Waals surface area (Å²) in [7, 11) is 0. The monoisotopic (exact) mass is 500 g/mol. The summed E-state index contributed by atoms with van der Waals surface area (Å²) >= 11 is 0. The SMILES string of the molecule is CC(C)(C)OC(=O)CN1CCN(CC=O)CCN(CC(=O)O)CCN(CC(=O)OC(C)(C)C)CC1. The molecule has 202 valence electrons. The number of hydrogen-bond acceptors (Lipinski definition) is 10. The van der Waals surface area contributed by atoms with Gasteiger partial charge in [0, 0.05) is 52.4 Å². The number of aldehydes is 1. The van der Waals surface area contributed by atoms with E-state index >= 15 is 0 Å². The van der Waals surface area contributed by atoms with Gasteiger partial charge in [0.15, 0.2) is 0 Å². The standard InChI is InChI=1S/C24H44N4O7/c1-23(2,3)34-21(32)18-27-10-8-25(15-16-29)7-9-26(17-20(30)31)11-12-28(14-13-27)19-22(33)35-24(4,5)6/h16H,7-15,17-19H2,1-6H3,(H,30,31). The zero-order chi connectivity index (χ0) is 26.6. The molecule has 11 heteroatoms. The van der Waals surface area contributed by atoms with Crippen molar-refractivity contribution in [2.24, 2.45) is 0 Å². The first-order valence-electron chi connectivity index (χ1n) is 12.2. The Morgan fingerprint density at radius 1 is 0.657 bits per heavy atom. The number of hydrogen-bond donors (Lipinski definition) is 1. The third-order valence-corrected chi connectivity index (χ3v) is 5.17. The maximum Gasteiger partial charge on any atom is 0.320 e. The quantitative estimate of drug-likeness (QED) is 0.363. The largest absolute Gasteiger partial charge is 0.480 e. The third kappa shape index (κ3) is 15.5. The van der Waals surface area contributed by atoms with Crippen molar-refractivity contribution in [2.75, 3.05) is 78.5 Å². The minimum Gasteiger partial charge on any atom is -0.480 e. The second-order valence-electron chi connectivity index (χ2n) is 10.9. The normalized spacial score (nSPS) is 18.8. The van der Waals surface area contributed by atoms with Crippen molar-refractivity contribution in [3.63, 3.8) is 0 Å². The number of aliphatic carboxylic acids is 1. The first-order valence-corrected chi connectivity index (χ1v) is 12.2. The molecule has 0 amide bonds. The molecule has 0 aromatic heterocycles.